The van der Waals surface area contributed by atoms with Crippen molar-refractivity contribution in [1.82, 2.24) is 9.88 Å². The number of pyridine rings is 1. The Hall–Kier alpha value is -2.84. The van der Waals surface area contributed by atoms with Crippen LogP contribution >= 0.6 is 11.6 Å². The SMILES string of the molecule is CN(C)CCN(Cc1ccc(Cl)o1)c1ccccn1.O=C(O)/C=C/C(=O)O. The predicted molar refractivity (Wildman–Crippen MR) is 102 cm³/mol. The number of furan rings is 1. The molecule has 2 aromatic rings. The lowest BCUT2D eigenvalue weighted by Gasteiger charge is -2.24. The van der Waals surface area contributed by atoms with Gasteiger partial charge in [-0.3, -0.25) is 0 Å². The largest absolute Gasteiger partial charge is 0.478 e. The third-order valence-electron chi connectivity index (χ3n) is 3.13. The van der Waals surface area contributed by atoms with Crippen LogP contribution in [0.4, 0.5) is 5.82 Å². The van der Waals surface area contributed by atoms with E-state index >= 15 is 0 Å². The van der Waals surface area contributed by atoms with E-state index in [2.05, 4.69) is 28.9 Å². The van der Waals surface area contributed by atoms with Gasteiger partial charge in [-0.25, -0.2) is 14.6 Å². The number of likely N-dealkylation sites (N-methyl/N-ethyl adjacent to an activating group) is 1. The van der Waals surface area contributed by atoms with E-state index in [4.69, 9.17) is 26.2 Å². The zero-order valence-electron chi connectivity index (χ0n) is 15.1. The Bertz CT molecular complexity index is 730. The number of anilines is 1. The van der Waals surface area contributed by atoms with Gasteiger partial charge < -0.3 is 24.4 Å². The first-order chi connectivity index (χ1) is 12.8. The fourth-order valence-corrected chi connectivity index (χ4v) is 2.07. The lowest BCUT2D eigenvalue weighted by Crippen LogP contribution is -2.31. The molecule has 0 fully saturated rings. The molecule has 9 heteroatoms. The highest BCUT2D eigenvalue weighted by Gasteiger charge is 2.11. The first-order valence-electron chi connectivity index (χ1n) is 7.96. The maximum atomic E-state index is 9.55. The molecule has 0 saturated heterocycles. The van der Waals surface area contributed by atoms with Gasteiger partial charge in [0, 0.05) is 31.4 Å². The molecule has 2 aromatic heterocycles. The van der Waals surface area contributed by atoms with E-state index in [1.165, 1.54) is 0 Å². The third kappa shape index (κ3) is 10.0. The van der Waals surface area contributed by atoms with Gasteiger partial charge in [-0.15, -0.1) is 0 Å². The summed E-state index contributed by atoms with van der Waals surface area (Å²) in [5.41, 5.74) is 0. The second-order valence-electron chi connectivity index (χ2n) is 5.63. The molecule has 0 bridgehead atoms. The van der Waals surface area contributed by atoms with E-state index in [0.29, 0.717) is 23.9 Å². The first kappa shape index (κ1) is 22.2. The van der Waals surface area contributed by atoms with Crippen molar-refractivity contribution in [3.8, 4) is 0 Å². The van der Waals surface area contributed by atoms with Crippen LogP contribution in [-0.2, 0) is 16.1 Å². The number of carbonyl (C=O) groups is 2. The van der Waals surface area contributed by atoms with Gasteiger partial charge in [0.05, 0.1) is 6.54 Å². The summed E-state index contributed by atoms with van der Waals surface area (Å²) in [6.45, 7) is 2.49. The van der Waals surface area contributed by atoms with Crippen molar-refractivity contribution >= 4 is 29.4 Å². The number of hydrogen-bond acceptors (Lipinski definition) is 6. The highest BCUT2D eigenvalue weighted by atomic mass is 35.5. The minimum atomic E-state index is -1.26. The fraction of sp³-hybridized carbons (Fsp3) is 0.278. The fourth-order valence-electron chi connectivity index (χ4n) is 1.90. The molecule has 0 aliphatic heterocycles. The van der Waals surface area contributed by atoms with Crippen LogP contribution in [0.3, 0.4) is 0 Å². The van der Waals surface area contributed by atoms with E-state index < -0.39 is 11.9 Å². The number of halogens is 1. The van der Waals surface area contributed by atoms with Crippen LogP contribution < -0.4 is 4.90 Å². The molecule has 0 spiro atoms. The molecule has 146 valence electrons. The lowest BCUT2D eigenvalue weighted by molar-refractivity contribution is -0.134. The van der Waals surface area contributed by atoms with Crippen LogP contribution in [0.1, 0.15) is 5.76 Å². The summed E-state index contributed by atoms with van der Waals surface area (Å²) in [6, 6.07) is 9.56. The molecule has 0 aliphatic rings. The summed E-state index contributed by atoms with van der Waals surface area (Å²) in [7, 11) is 4.11. The summed E-state index contributed by atoms with van der Waals surface area (Å²) in [5, 5.41) is 16.0. The van der Waals surface area contributed by atoms with Crippen molar-refractivity contribution < 1.29 is 24.2 Å². The van der Waals surface area contributed by atoms with Crippen molar-refractivity contribution in [3.63, 3.8) is 0 Å². The average molecular weight is 396 g/mol. The quantitative estimate of drug-likeness (QED) is 0.657. The summed E-state index contributed by atoms with van der Waals surface area (Å²) < 4.78 is 5.42. The van der Waals surface area contributed by atoms with Crippen molar-refractivity contribution in [2.75, 3.05) is 32.1 Å². The molecule has 2 rings (SSSR count). The lowest BCUT2D eigenvalue weighted by atomic mass is 10.3. The maximum absolute atomic E-state index is 9.55. The van der Waals surface area contributed by atoms with Crippen LogP contribution in [0.25, 0.3) is 0 Å². The summed E-state index contributed by atoms with van der Waals surface area (Å²) in [6.07, 6.45) is 2.91. The van der Waals surface area contributed by atoms with E-state index in [9.17, 15) is 9.59 Å². The topological polar surface area (TPSA) is 107 Å². The second kappa shape index (κ2) is 11.7. The molecule has 8 nitrogen and oxygen atoms in total. The molecule has 0 aromatic carbocycles. The number of nitrogens with zero attached hydrogens (tertiary/aromatic N) is 3. The molecule has 0 atom stereocenters. The van der Waals surface area contributed by atoms with Crippen molar-refractivity contribution in [2.24, 2.45) is 0 Å². The smallest absolute Gasteiger partial charge is 0.328 e. The minimum Gasteiger partial charge on any atom is -0.478 e. The number of hydrogen-bond donors (Lipinski definition) is 2. The normalized spacial score (nSPS) is 10.5. The van der Waals surface area contributed by atoms with E-state index in [1.807, 2.05) is 24.3 Å². The highest BCUT2D eigenvalue weighted by molar-refractivity contribution is 6.28. The molecule has 0 aliphatic carbocycles. The van der Waals surface area contributed by atoms with Gasteiger partial charge in [-0.1, -0.05) is 6.07 Å². The monoisotopic (exact) mass is 395 g/mol. The van der Waals surface area contributed by atoms with Crippen LogP contribution in [-0.4, -0.2) is 59.2 Å². The van der Waals surface area contributed by atoms with Crippen LogP contribution in [0.15, 0.2) is 53.1 Å². The average Bonchev–Trinajstić information content (AvgIpc) is 3.03. The molecule has 27 heavy (non-hydrogen) atoms. The van der Waals surface area contributed by atoms with Gasteiger partial charge in [0.25, 0.3) is 0 Å². The molecular weight excluding hydrogens is 374 g/mol. The number of carboxylic acids is 2. The second-order valence-corrected chi connectivity index (χ2v) is 6.00. The van der Waals surface area contributed by atoms with Gasteiger partial charge >= 0.3 is 11.9 Å². The van der Waals surface area contributed by atoms with Crippen LogP contribution in [0.2, 0.25) is 5.22 Å². The number of aliphatic carboxylic acids is 2. The van der Waals surface area contributed by atoms with Gasteiger partial charge in [0.1, 0.15) is 11.6 Å². The Morgan fingerprint density at radius 1 is 1.11 bits per heavy atom. The van der Waals surface area contributed by atoms with Gasteiger partial charge in [-0.2, -0.15) is 0 Å². The molecule has 0 unspecified atom stereocenters. The molecular formula is C18H22ClN3O5. The molecule has 2 N–H and O–H groups in total. The van der Waals surface area contributed by atoms with Crippen molar-refractivity contribution in [1.29, 1.82) is 0 Å². The van der Waals surface area contributed by atoms with E-state index in [0.717, 1.165) is 24.7 Å². The number of aromatic nitrogens is 1. The highest BCUT2D eigenvalue weighted by Crippen LogP contribution is 2.18. The first-order valence-corrected chi connectivity index (χ1v) is 8.34. The Kier molecular flexibility index (Phi) is 9.63. The van der Waals surface area contributed by atoms with Crippen molar-refractivity contribution in [2.45, 2.75) is 6.54 Å². The number of rotatable bonds is 8. The van der Waals surface area contributed by atoms with Gasteiger partial charge in [-0.05, 0) is 50.0 Å². The van der Waals surface area contributed by atoms with Gasteiger partial charge in [0.2, 0.25) is 0 Å². The minimum absolute atomic E-state index is 0.420. The third-order valence-corrected chi connectivity index (χ3v) is 3.34. The van der Waals surface area contributed by atoms with E-state index in [1.54, 1.807) is 12.3 Å². The van der Waals surface area contributed by atoms with Crippen molar-refractivity contribution in [3.05, 3.63) is 59.7 Å². The Morgan fingerprint density at radius 2 is 1.78 bits per heavy atom. The molecule has 0 radical (unpaired) electrons. The molecule has 0 saturated carbocycles. The number of carboxylic acid groups (broad SMARTS) is 2. The molecule has 0 amide bonds. The van der Waals surface area contributed by atoms with E-state index in [-0.39, 0.29) is 0 Å². The Morgan fingerprint density at radius 3 is 2.22 bits per heavy atom. The summed E-state index contributed by atoms with van der Waals surface area (Å²) in [5.74, 6) is -0.730. The van der Waals surface area contributed by atoms with Crippen LogP contribution in [0.5, 0.6) is 0 Å². The standard InChI is InChI=1S/C14H18ClN3O.C4H4O4/c1-17(2)9-10-18(14-5-3-4-8-16-14)11-12-6-7-13(15)19-12;5-3(6)1-2-4(7)8/h3-8H,9-11H2,1-2H3;1-2H,(H,5,6)(H,7,8)/b;2-1+. The molecule has 2 heterocycles. The summed E-state index contributed by atoms with van der Waals surface area (Å²) in [4.78, 5) is 27.8. The predicted octanol–water partition coefficient (Wildman–Crippen LogP) is 2.61. The van der Waals surface area contributed by atoms with Crippen LogP contribution in [0, 0.1) is 0 Å². The zero-order valence-corrected chi connectivity index (χ0v) is 15.8. The zero-order chi connectivity index (χ0) is 20.2. The van der Waals surface area contributed by atoms with Gasteiger partial charge in [0.15, 0.2) is 5.22 Å². The Balaban J connectivity index is 0.000000387. The maximum Gasteiger partial charge on any atom is 0.328 e. The summed E-state index contributed by atoms with van der Waals surface area (Å²) >= 11 is 5.81. The Labute approximate surface area is 162 Å².